The van der Waals surface area contributed by atoms with E-state index in [1.165, 1.54) is 70.6 Å². The molecule has 0 aliphatic heterocycles. The Labute approximate surface area is 115 Å². The van der Waals surface area contributed by atoms with Crippen LogP contribution in [0.2, 0.25) is 0 Å². The summed E-state index contributed by atoms with van der Waals surface area (Å²) in [4.78, 5) is 0. The second-order valence-electron chi connectivity index (χ2n) is 5.42. The maximum absolute atomic E-state index is 5.51. The van der Waals surface area contributed by atoms with Crippen molar-refractivity contribution in [3.05, 3.63) is 12.2 Å². The van der Waals surface area contributed by atoms with Crippen molar-refractivity contribution in [3.63, 3.8) is 0 Å². The average molecular weight is 248 g/mol. The number of unbranched alkanes of at least 4 members (excludes halogenated alkanes) is 7. The topological polar surface area (TPSA) is 0 Å². The maximum atomic E-state index is 5.51. The third-order valence-corrected chi connectivity index (χ3v) is 3.74. The standard InChI is InChI=1S/C18H32/c1-5-8-10-12-14-16-18(17(4)7-3)15-13-11-9-6-2/h3,18H,4-6,8-16H2,1-2H3. The highest BCUT2D eigenvalue weighted by atomic mass is 14.1. The molecule has 0 bridgehead atoms. The molecule has 0 heteroatoms. The van der Waals surface area contributed by atoms with Gasteiger partial charge in [0, 0.05) is 0 Å². The van der Waals surface area contributed by atoms with Crippen LogP contribution in [0.15, 0.2) is 12.2 Å². The predicted octanol–water partition coefficient (Wildman–Crippen LogP) is 6.12. The van der Waals surface area contributed by atoms with Crippen molar-refractivity contribution in [1.82, 2.24) is 0 Å². The molecule has 0 aromatic heterocycles. The second-order valence-corrected chi connectivity index (χ2v) is 5.42. The van der Waals surface area contributed by atoms with Gasteiger partial charge in [-0.1, -0.05) is 84.1 Å². The molecule has 0 aromatic carbocycles. The Morgan fingerprint density at radius 1 is 0.889 bits per heavy atom. The van der Waals surface area contributed by atoms with Gasteiger partial charge in [0.1, 0.15) is 0 Å². The Morgan fingerprint density at radius 2 is 1.33 bits per heavy atom. The Kier molecular flexibility index (Phi) is 12.3. The Balaban J connectivity index is 3.79. The van der Waals surface area contributed by atoms with E-state index in [9.17, 15) is 0 Å². The zero-order valence-electron chi connectivity index (χ0n) is 12.6. The lowest BCUT2D eigenvalue weighted by atomic mass is 9.89. The van der Waals surface area contributed by atoms with E-state index in [0.29, 0.717) is 5.92 Å². The normalized spacial score (nSPS) is 12.1. The van der Waals surface area contributed by atoms with E-state index in [1.807, 2.05) is 0 Å². The SMILES string of the molecule is C#CC(=C)C(CCCCCC)CCCCCCC. The van der Waals surface area contributed by atoms with Gasteiger partial charge in [0.2, 0.25) is 0 Å². The van der Waals surface area contributed by atoms with Gasteiger partial charge in [0.15, 0.2) is 0 Å². The van der Waals surface area contributed by atoms with Crippen LogP contribution in [-0.2, 0) is 0 Å². The molecular formula is C18H32. The van der Waals surface area contributed by atoms with Crippen LogP contribution in [0.3, 0.4) is 0 Å². The largest absolute Gasteiger partial charge is 0.115 e. The molecule has 0 saturated heterocycles. The molecule has 0 aliphatic rings. The summed E-state index contributed by atoms with van der Waals surface area (Å²) in [6.45, 7) is 8.57. The fraction of sp³-hybridized carbons (Fsp3) is 0.778. The number of terminal acetylenes is 1. The minimum Gasteiger partial charge on any atom is -0.115 e. The van der Waals surface area contributed by atoms with Crippen molar-refractivity contribution in [2.75, 3.05) is 0 Å². The Hall–Kier alpha value is -0.700. The second kappa shape index (κ2) is 12.7. The fourth-order valence-corrected chi connectivity index (χ4v) is 2.42. The lowest BCUT2D eigenvalue weighted by Crippen LogP contribution is -2.03. The molecule has 1 atom stereocenters. The molecular weight excluding hydrogens is 216 g/mol. The van der Waals surface area contributed by atoms with Crippen LogP contribution in [0.1, 0.15) is 84.5 Å². The molecule has 104 valence electrons. The quantitative estimate of drug-likeness (QED) is 0.288. The van der Waals surface area contributed by atoms with Crippen LogP contribution in [0.5, 0.6) is 0 Å². The van der Waals surface area contributed by atoms with E-state index in [2.05, 4.69) is 26.3 Å². The molecule has 0 radical (unpaired) electrons. The molecule has 18 heavy (non-hydrogen) atoms. The highest BCUT2D eigenvalue weighted by molar-refractivity contribution is 5.24. The molecule has 0 aliphatic carbocycles. The first-order chi connectivity index (χ1) is 8.76. The van der Waals surface area contributed by atoms with Gasteiger partial charge in [-0.05, 0) is 24.3 Å². The van der Waals surface area contributed by atoms with Gasteiger partial charge in [-0.15, -0.1) is 6.42 Å². The van der Waals surface area contributed by atoms with Gasteiger partial charge in [-0.2, -0.15) is 0 Å². The molecule has 0 saturated carbocycles. The van der Waals surface area contributed by atoms with Gasteiger partial charge < -0.3 is 0 Å². The van der Waals surface area contributed by atoms with Crippen LogP contribution in [0.4, 0.5) is 0 Å². The van der Waals surface area contributed by atoms with Gasteiger partial charge in [0.05, 0.1) is 0 Å². The zero-order valence-corrected chi connectivity index (χ0v) is 12.6. The summed E-state index contributed by atoms with van der Waals surface area (Å²) in [5, 5.41) is 0. The van der Waals surface area contributed by atoms with E-state index in [1.54, 1.807) is 0 Å². The number of hydrogen-bond donors (Lipinski definition) is 0. The van der Waals surface area contributed by atoms with E-state index in [-0.39, 0.29) is 0 Å². The molecule has 0 N–H and O–H groups in total. The highest BCUT2D eigenvalue weighted by Gasteiger charge is 2.10. The summed E-state index contributed by atoms with van der Waals surface area (Å²) in [5.41, 5.74) is 1.03. The number of rotatable bonds is 12. The van der Waals surface area contributed by atoms with Gasteiger partial charge in [-0.3, -0.25) is 0 Å². The van der Waals surface area contributed by atoms with Crippen molar-refractivity contribution in [3.8, 4) is 12.3 Å². The average Bonchev–Trinajstić information content (AvgIpc) is 2.40. The summed E-state index contributed by atoms with van der Waals surface area (Å²) in [7, 11) is 0. The molecule has 0 rings (SSSR count). The minimum absolute atomic E-state index is 0.577. The van der Waals surface area contributed by atoms with Crippen molar-refractivity contribution in [1.29, 1.82) is 0 Å². The Morgan fingerprint density at radius 3 is 1.78 bits per heavy atom. The summed E-state index contributed by atoms with van der Waals surface area (Å²) < 4.78 is 0. The van der Waals surface area contributed by atoms with E-state index >= 15 is 0 Å². The highest BCUT2D eigenvalue weighted by Crippen LogP contribution is 2.24. The third kappa shape index (κ3) is 9.34. The molecule has 0 aromatic rings. The number of hydrogen-bond acceptors (Lipinski definition) is 0. The lowest BCUT2D eigenvalue weighted by molar-refractivity contribution is 0.461. The lowest BCUT2D eigenvalue weighted by Gasteiger charge is -2.16. The van der Waals surface area contributed by atoms with Crippen LogP contribution in [0, 0.1) is 18.3 Å². The van der Waals surface area contributed by atoms with Crippen LogP contribution in [0.25, 0.3) is 0 Å². The van der Waals surface area contributed by atoms with Crippen LogP contribution in [-0.4, -0.2) is 0 Å². The first kappa shape index (κ1) is 17.3. The molecule has 0 amide bonds. The fourth-order valence-electron chi connectivity index (χ4n) is 2.42. The van der Waals surface area contributed by atoms with Crippen molar-refractivity contribution in [2.24, 2.45) is 5.92 Å². The molecule has 0 fully saturated rings. The zero-order chi connectivity index (χ0) is 13.6. The van der Waals surface area contributed by atoms with Crippen molar-refractivity contribution in [2.45, 2.75) is 84.5 Å². The van der Waals surface area contributed by atoms with Crippen LogP contribution < -0.4 is 0 Å². The molecule has 0 heterocycles. The third-order valence-electron chi connectivity index (χ3n) is 3.74. The van der Waals surface area contributed by atoms with E-state index in [4.69, 9.17) is 6.42 Å². The summed E-state index contributed by atoms with van der Waals surface area (Å²) in [5.74, 6) is 3.34. The number of allylic oxidation sites excluding steroid dienone is 1. The van der Waals surface area contributed by atoms with E-state index < -0.39 is 0 Å². The monoisotopic (exact) mass is 248 g/mol. The summed E-state index contributed by atoms with van der Waals surface area (Å²) in [6.07, 6.45) is 20.1. The maximum Gasteiger partial charge on any atom is -0.00232 e. The predicted molar refractivity (Wildman–Crippen MR) is 83.6 cm³/mol. The van der Waals surface area contributed by atoms with Crippen molar-refractivity contribution < 1.29 is 0 Å². The molecule has 0 nitrogen and oxygen atoms in total. The van der Waals surface area contributed by atoms with Gasteiger partial charge in [-0.25, -0.2) is 0 Å². The first-order valence-electron chi connectivity index (χ1n) is 7.91. The Bertz CT molecular complexity index is 231. The van der Waals surface area contributed by atoms with Crippen molar-refractivity contribution >= 4 is 0 Å². The smallest absolute Gasteiger partial charge is 0.00232 e. The molecule has 0 spiro atoms. The van der Waals surface area contributed by atoms with Crippen LogP contribution >= 0.6 is 0 Å². The first-order valence-corrected chi connectivity index (χ1v) is 7.91. The van der Waals surface area contributed by atoms with Gasteiger partial charge >= 0.3 is 0 Å². The molecule has 1 unspecified atom stereocenters. The summed E-state index contributed by atoms with van der Waals surface area (Å²) >= 11 is 0. The van der Waals surface area contributed by atoms with Gasteiger partial charge in [0.25, 0.3) is 0 Å². The summed E-state index contributed by atoms with van der Waals surface area (Å²) in [6, 6.07) is 0. The van der Waals surface area contributed by atoms with E-state index in [0.717, 1.165) is 5.57 Å². The minimum atomic E-state index is 0.577.